The Balaban J connectivity index is 2.59. The van der Waals surface area contributed by atoms with Crippen molar-refractivity contribution in [2.75, 3.05) is 12.8 Å². The van der Waals surface area contributed by atoms with Crippen LogP contribution in [0.4, 0.5) is 0 Å². The first kappa shape index (κ1) is 20.1. The first-order valence-corrected chi connectivity index (χ1v) is 12.0. The highest BCUT2D eigenvalue weighted by Gasteiger charge is 2.39. The third-order valence-electron chi connectivity index (χ3n) is 4.49. The van der Waals surface area contributed by atoms with Crippen molar-refractivity contribution in [3.8, 4) is 0 Å². The second-order valence-electron chi connectivity index (χ2n) is 8.64. The van der Waals surface area contributed by atoms with Crippen LogP contribution in [0, 0.1) is 0 Å². The number of rotatable bonds is 9. The molecule has 0 amide bonds. The molecule has 4 heteroatoms. The molecule has 22 heavy (non-hydrogen) atoms. The molecule has 1 rings (SSSR count). The number of piperidine rings is 1. The zero-order valence-corrected chi connectivity index (χ0v) is 17.1. The fourth-order valence-electron chi connectivity index (χ4n) is 3.73. The van der Waals surface area contributed by atoms with Gasteiger partial charge in [-0.05, 0) is 59.5 Å². The normalized spacial score (nSPS) is 24.1. The van der Waals surface area contributed by atoms with Gasteiger partial charge in [0.2, 0.25) is 8.32 Å². The number of unbranched alkanes of at least 4 members (excludes halogenated alkanes) is 1. The first-order valence-electron chi connectivity index (χ1n) is 9.16. The third-order valence-corrected chi connectivity index (χ3v) is 7.58. The van der Waals surface area contributed by atoms with Crippen LogP contribution >= 0.6 is 0 Å². The predicted octanol–water partition coefficient (Wildman–Crippen LogP) is 4.65. The predicted molar refractivity (Wildman–Crippen MR) is 97.8 cm³/mol. The lowest BCUT2D eigenvalue weighted by Crippen LogP contribution is -2.60. The Kier molecular flexibility index (Phi) is 7.57. The van der Waals surface area contributed by atoms with Gasteiger partial charge in [-0.15, -0.1) is 0 Å². The van der Waals surface area contributed by atoms with E-state index in [1.807, 2.05) is 0 Å². The molecule has 1 unspecified atom stereocenters. The fourth-order valence-corrected chi connectivity index (χ4v) is 6.48. The number of hydrogen-bond donors (Lipinski definition) is 1. The van der Waals surface area contributed by atoms with Crippen molar-refractivity contribution in [1.82, 2.24) is 5.32 Å². The first-order chi connectivity index (χ1) is 10.1. The summed E-state index contributed by atoms with van der Waals surface area (Å²) in [5, 5.41) is 3.73. The molecule has 0 radical (unpaired) electrons. The molecule has 1 N–H and O–H groups in total. The summed E-state index contributed by atoms with van der Waals surface area (Å²) >= 11 is 0. The smallest absolute Gasteiger partial charge is 0.214 e. The van der Waals surface area contributed by atoms with E-state index in [-0.39, 0.29) is 11.1 Å². The molecular formula is C18H39NO2Si. The molecule has 1 aliphatic heterocycles. The second-order valence-corrected chi connectivity index (χ2v) is 12.6. The van der Waals surface area contributed by atoms with Crippen LogP contribution < -0.4 is 5.32 Å². The SMILES string of the molecule is CCCC[Si](C)(COC1CC(C)(C)NC(C)(C)C1)OCCC. The van der Waals surface area contributed by atoms with E-state index in [1.165, 1.54) is 18.9 Å². The second kappa shape index (κ2) is 8.27. The Hall–Kier alpha value is 0.0969. The molecule has 3 nitrogen and oxygen atoms in total. The lowest BCUT2D eigenvalue weighted by molar-refractivity contribution is -0.00955. The van der Waals surface area contributed by atoms with E-state index in [4.69, 9.17) is 9.16 Å². The summed E-state index contributed by atoms with van der Waals surface area (Å²) in [4.78, 5) is 0. The molecule has 0 saturated carbocycles. The molecule has 0 aromatic heterocycles. The Morgan fingerprint density at radius 2 is 1.64 bits per heavy atom. The monoisotopic (exact) mass is 329 g/mol. The quantitative estimate of drug-likeness (QED) is 0.624. The van der Waals surface area contributed by atoms with E-state index in [1.54, 1.807) is 0 Å². The maximum absolute atomic E-state index is 6.41. The van der Waals surface area contributed by atoms with E-state index in [2.05, 4.69) is 53.4 Å². The Bertz CT molecular complexity index is 307. The summed E-state index contributed by atoms with van der Waals surface area (Å²) in [5.41, 5.74) is 0.302. The van der Waals surface area contributed by atoms with Crippen LogP contribution in [-0.2, 0) is 9.16 Å². The third kappa shape index (κ3) is 7.11. The largest absolute Gasteiger partial charge is 0.415 e. The molecular weight excluding hydrogens is 290 g/mol. The highest BCUT2D eigenvalue weighted by molar-refractivity contribution is 6.72. The summed E-state index contributed by atoms with van der Waals surface area (Å²) in [7, 11) is -1.71. The summed E-state index contributed by atoms with van der Waals surface area (Å²) in [5.74, 6) is 0. The van der Waals surface area contributed by atoms with E-state index in [0.717, 1.165) is 32.1 Å². The Morgan fingerprint density at radius 1 is 1.05 bits per heavy atom. The van der Waals surface area contributed by atoms with Gasteiger partial charge in [0.05, 0.1) is 12.3 Å². The van der Waals surface area contributed by atoms with Gasteiger partial charge in [-0.25, -0.2) is 0 Å². The van der Waals surface area contributed by atoms with Gasteiger partial charge in [0.25, 0.3) is 0 Å². The summed E-state index contributed by atoms with van der Waals surface area (Å²) in [6, 6.07) is 1.22. The van der Waals surface area contributed by atoms with Crippen LogP contribution in [0.15, 0.2) is 0 Å². The minimum absolute atomic E-state index is 0.151. The average molecular weight is 330 g/mol. The van der Waals surface area contributed by atoms with Gasteiger partial charge in [-0.3, -0.25) is 0 Å². The van der Waals surface area contributed by atoms with Gasteiger partial charge < -0.3 is 14.5 Å². The maximum atomic E-state index is 6.41. The molecule has 132 valence electrons. The molecule has 0 aromatic rings. The zero-order valence-electron chi connectivity index (χ0n) is 16.1. The van der Waals surface area contributed by atoms with Crippen LogP contribution in [0.3, 0.4) is 0 Å². The maximum Gasteiger partial charge on any atom is 0.214 e. The van der Waals surface area contributed by atoms with Gasteiger partial charge in [0.15, 0.2) is 0 Å². The van der Waals surface area contributed by atoms with Crippen molar-refractivity contribution < 1.29 is 9.16 Å². The number of hydrogen-bond acceptors (Lipinski definition) is 3. The molecule has 0 spiro atoms. The molecule has 0 bridgehead atoms. The van der Waals surface area contributed by atoms with Crippen molar-refractivity contribution in [2.45, 2.75) is 103 Å². The van der Waals surface area contributed by atoms with Crippen molar-refractivity contribution in [3.05, 3.63) is 0 Å². The molecule has 1 saturated heterocycles. The van der Waals surface area contributed by atoms with Crippen LogP contribution in [0.25, 0.3) is 0 Å². The van der Waals surface area contributed by atoms with E-state index in [9.17, 15) is 0 Å². The van der Waals surface area contributed by atoms with E-state index in [0.29, 0.717) is 6.10 Å². The van der Waals surface area contributed by atoms with Crippen LogP contribution in [0.2, 0.25) is 12.6 Å². The number of nitrogens with one attached hydrogen (secondary N) is 1. The van der Waals surface area contributed by atoms with Crippen LogP contribution in [0.5, 0.6) is 0 Å². The molecule has 0 aromatic carbocycles. The molecule has 1 fully saturated rings. The molecule has 1 aliphatic rings. The van der Waals surface area contributed by atoms with Gasteiger partial charge in [0, 0.05) is 17.7 Å². The molecule has 1 heterocycles. The van der Waals surface area contributed by atoms with Crippen LogP contribution in [0.1, 0.15) is 73.6 Å². The summed E-state index contributed by atoms with van der Waals surface area (Å²) in [6.07, 6.45) is 6.98. The summed E-state index contributed by atoms with van der Waals surface area (Å²) < 4.78 is 12.7. The Morgan fingerprint density at radius 3 is 2.14 bits per heavy atom. The lowest BCUT2D eigenvalue weighted by atomic mass is 9.81. The minimum Gasteiger partial charge on any atom is -0.415 e. The van der Waals surface area contributed by atoms with Crippen molar-refractivity contribution in [3.63, 3.8) is 0 Å². The minimum atomic E-state index is -1.71. The van der Waals surface area contributed by atoms with Gasteiger partial charge in [0.1, 0.15) is 0 Å². The van der Waals surface area contributed by atoms with Gasteiger partial charge in [-0.2, -0.15) is 0 Å². The fraction of sp³-hybridized carbons (Fsp3) is 1.00. The highest BCUT2D eigenvalue weighted by atomic mass is 28.4. The highest BCUT2D eigenvalue weighted by Crippen LogP contribution is 2.31. The van der Waals surface area contributed by atoms with Crippen molar-refractivity contribution >= 4 is 8.32 Å². The average Bonchev–Trinajstić information content (AvgIpc) is 2.38. The van der Waals surface area contributed by atoms with E-state index < -0.39 is 8.32 Å². The van der Waals surface area contributed by atoms with Crippen molar-refractivity contribution in [2.24, 2.45) is 0 Å². The zero-order chi connectivity index (χ0) is 16.9. The van der Waals surface area contributed by atoms with Gasteiger partial charge in [-0.1, -0.05) is 26.7 Å². The van der Waals surface area contributed by atoms with Gasteiger partial charge >= 0.3 is 0 Å². The molecule has 1 atom stereocenters. The lowest BCUT2D eigenvalue weighted by Gasteiger charge is -2.46. The van der Waals surface area contributed by atoms with Crippen LogP contribution in [-0.4, -0.2) is 38.3 Å². The summed E-state index contributed by atoms with van der Waals surface area (Å²) in [6.45, 7) is 16.8. The topological polar surface area (TPSA) is 30.5 Å². The molecule has 0 aliphatic carbocycles. The Labute approximate surface area is 139 Å². The standard InChI is InChI=1S/C18H39NO2Si/c1-8-10-12-22(7,21-11-9-2)15-20-16-13-17(3,4)19-18(5,6)14-16/h16,19H,8-15H2,1-7H3. The van der Waals surface area contributed by atoms with Crippen molar-refractivity contribution in [1.29, 1.82) is 0 Å². The van der Waals surface area contributed by atoms with E-state index >= 15 is 0 Å². The number of ether oxygens (including phenoxy) is 1.